The fraction of sp³-hybridized carbons (Fsp3) is 0.647. The Morgan fingerprint density at radius 1 is 1.19 bits per heavy atom. The van der Waals surface area contributed by atoms with E-state index < -0.39 is 10.0 Å². The van der Waals surface area contributed by atoms with Crippen LogP contribution in [0.4, 0.5) is 0 Å². The Hall–Kier alpha value is -0.870. The Kier molecular flexibility index (Phi) is 5.10. The highest BCUT2D eigenvalue weighted by Crippen LogP contribution is 2.42. The fourth-order valence-corrected chi connectivity index (χ4v) is 5.03. The molecule has 2 rings (SSSR count). The molecule has 21 heavy (non-hydrogen) atoms. The third-order valence-electron chi connectivity index (χ3n) is 4.53. The van der Waals surface area contributed by atoms with E-state index in [9.17, 15) is 8.42 Å². The molecule has 1 aromatic carbocycles. The summed E-state index contributed by atoms with van der Waals surface area (Å²) < 4.78 is 27.9. The maximum absolute atomic E-state index is 12.5. The number of sulfonamides is 1. The van der Waals surface area contributed by atoms with Gasteiger partial charge in [-0.25, -0.2) is 13.1 Å². The summed E-state index contributed by atoms with van der Waals surface area (Å²) in [5, 5.41) is 0. The summed E-state index contributed by atoms with van der Waals surface area (Å²) in [6.45, 7) is 6.85. The number of hydrogen-bond donors (Lipinski definition) is 1. The molecule has 0 atom stereocenters. The molecule has 1 N–H and O–H groups in total. The first kappa shape index (κ1) is 16.5. The lowest BCUT2D eigenvalue weighted by Gasteiger charge is -2.31. The topological polar surface area (TPSA) is 46.2 Å². The molecule has 0 bridgehead atoms. The quantitative estimate of drug-likeness (QED) is 0.867. The zero-order valence-electron chi connectivity index (χ0n) is 13.4. The summed E-state index contributed by atoms with van der Waals surface area (Å²) in [5.41, 5.74) is 0.957. The first-order valence-electron chi connectivity index (χ1n) is 7.90. The molecule has 0 unspecified atom stereocenters. The van der Waals surface area contributed by atoms with Gasteiger partial charge in [0.15, 0.2) is 0 Å². The van der Waals surface area contributed by atoms with Crippen LogP contribution in [0.2, 0.25) is 0 Å². The Morgan fingerprint density at radius 3 is 2.38 bits per heavy atom. The summed E-state index contributed by atoms with van der Waals surface area (Å²) in [4.78, 5) is 0.405. The second-order valence-electron chi connectivity index (χ2n) is 6.90. The lowest BCUT2D eigenvalue weighted by Crippen LogP contribution is -2.37. The van der Waals surface area contributed by atoms with Crippen molar-refractivity contribution < 1.29 is 8.42 Å². The number of benzene rings is 1. The van der Waals surface area contributed by atoms with E-state index in [1.54, 1.807) is 12.1 Å². The van der Waals surface area contributed by atoms with E-state index in [0.29, 0.717) is 17.4 Å². The van der Waals surface area contributed by atoms with E-state index in [4.69, 9.17) is 0 Å². The second kappa shape index (κ2) is 6.49. The van der Waals surface area contributed by atoms with Crippen LogP contribution >= 0.6 is 0 Å². The molecule has 118 valence electrons. The van der Waals surface area contributed by atoms with Crippen LogP contribution in [0.3, 0.4) is 0 Å². The van der Waals surface area contributed by atoms with Crippen molar-refractivity contribution >= 4 is 10.0 Å². The number of hydrogen-bond acceptors (Lipinski definition) is 2. The van der Waals surface area contributed by atoms with Crippen molar-refractivity contribution in [2.75, 3.05) is 6.54 Å². The van der Waals surface area contributed by atoms with Gasteiger partial charge in [-0.05, 0) is 49.1 Å². The molecular formula is C17H27NO2S. The highest BCUT2D eigenvalue weighted by Gasteiger charge is 2.35. The maximum atomic E-state index is 12.5. The molecule has 1 aliphatic rings. The molecule has 0 aromatic heterocycles. The van der Waals surface area contributed by atoms with Crippen LogP contribution in [0, 0.1) is 18.3 Å². The molecule has 0 spiro atoms. The van der Waals surface area contributed by atoms with Gasteiger partial charge in [0.1, 0.15) is 0 Å². The number of aryl methyl sites for hydroxylation is 1. The molecule has 3 nitrogen and oxygen atoms in total. The SMILES string of the molecule is Cc1ccccc1S(=O)(=O)NCC1(CC(C)C)CCCC1. The van der Waals surface area contributed by atoms with Gasteiger partial charge in [0.2, 0.25) is 10.0 Å². The predicted octanol–water partition coefficient (Wildman–Crippen LogP) is 3.88. The van der Waals surface area contributed by atoms with Gasteiger partial charge in [-0.1, -0.05) is 44.9 Å². The van der Waals surface area contributed by atoms with Gasteiger partial charge in [-0.2, -0.15) is 0 Å². The summed E-state index contributed by atoms with van der Waals surface area (Å²) in [5.74, 6) is 0.603. The lowest BCUT2D eigenvalue weighted by molar-refractivity contribution is 0.236. The van der Waals surface area contributed by atoms with E-state index in [1.807, 2.05) is 19.1 Å². The van der Waals surface area contributed by atoms with E-state index in [2.05, 4.69) is 18.6 Å². The molecular weight excluding hydrogens is 282 g/mol. The molecule has 1 fully saturated rings. The second-order valence-corrected chi connectivity index (χ2v) is 8.63. The molecule has 1 saturated carbocycles. The summed E-state index contributed by atoms with van der Waals surface area (Å²) in [7, 11) is -3.40. The standard InChI is InChI=1S/C17H27NO2S/c1-14(2)12-17(10-6-7-11-17)13-18-21(19,20)16-9-5-4-8-15(16)3/h4-5,8-9,14,18H,6-7,10-13H2,1-3H3. The van der Waals surface area contributed by atoms with E-state index >= 15 is 0 Å². The monoisotopic (exact) mass is 309 g/mol. The molecule has 0 heterocycles. The molecule has 0 radical (unpaired) electrons. The van der Waals surface area contributed by atoms with Crippen molar-refractivity contribution in [2.45, 2.75) is 57.8 Å². The van der Waals surface area contributed by atoms with Gasteiger partial charge in [-0.3, -0.25) is 0 Å². The van der Waals surface area contributed by atoms with Crippen LogP contribution in [0.5, 0.6) is 0 Å². The maximum Gasteiger partial charge on any atom is 0.240 e. The van der Waals surface area contributed by atoms with E-state index in [1.165, 1.54) is 12.8 Å². The normalized spacial score (nSPS) is 18.3. The average Bonchev–Trinajstić information content (AvgIpc) is 2.85. The zero-order valence-corrected chi connectivity index (χ0v) is 14.2. The average molecular weight is 309 g/mol. The largest absolute Gasteiger partial charge is 0.240 e. The van der Waals surface area contributed by atoms with Crippen LogP contribution in [0.15, 0.2) is 29.2 Å². The van der Waals surface area contributed by atoms with Gasteiger partial charge in [0.05, 0.1) is 4.90 Å². The van der Waals surface area contributed by atoms with Gasteiger partial charge in [0.25, 0.3) is 0 Å². The van der Waals surface area contributed by atoms with Crippen molar-refractivity contribution in [3.05, 3.63) is 29.8 Å². The van der Waals surface area contributed by atoms with Crippen LogP contribution < -0.4 is 4.72 Å². The van der Waals surface area contributed by atoms with E-state index in [0.717, 1.165) is 24.8 Å². The Labute approximate surface area is 129 Å². The van der Waals surface area contributed by atoms with Gasteiger partial charge < -0.3 is 0 Å². The molecule has 0 saturated heterocycles. The summed E-state index contributed by atoms with van der Waals surface area (Å²) in [6.07, 6.45) is 5.82. The van der Waals surface area contributed by atoms with Crippen molar-refractivity contribution in [3.8, 4) is 0 Å². The zero-order chi connectivity index (χ0) is 15.5. The highest BCUT2D eigenvalue weighted by atomic mass is 32.2. The summed E-state index contributed by atoms with van der Waals surface area (Å²) in [6, 6.07) is 7.17. The molecule has 4 heteroatoms. The third-order valence-corrected chi connectivity index (χ3v) is 6.09. The van der Waals surface area contributed by atoms with Crippen molar-refractivity contribution in [3.63, 3.8) is 0 Å². The van der Waals surface area contributed by atoms with Crippen LogP contribution in [0.1, 0.15) is 51.5 Å². The van der Waals surface area contributed by atoms with Crippen molar-refractivity contribution in [1.82, 2.24) is 4.72 Å². The Bertz CT molecular complexity index is 572. The third kappa shape index (κ3) is 4.07. The van der Waals surface area contributed by atoms with E-state index in [-0.39, 0.29) is 5.41 Å². The van der Waals surface area contributed by atoms with Crippen LogP contribution in [-0.2, 0) is 10.0 Å². The molecule has 0 aliphatic heterocycles. The highest BCUT2D eigenvalue weighted by molar-refractivity contribution is 7.89. The fourth-order valence-electron chi connectivity index (χ4n) is 3.63. The van der Waals surface area contributed by atoms with Gasteiger partial charge >= 0.3 is 0 Å². The van der Waals surface area contributed by atoms with Crippen molar-refractivity contribution in [1.29, 1.82) is 0 Å². The first-order valence-corrected chi connectivity index (χ1v) is 9.38. The lowest BCUT2D eigenvalue weighted by atomic mass is 9.79. The van der Waals surface area contributed by atoms with Crippen LogP contribution in [0.25, 0.3) is 0 Å². The minimum Gasteiger partial charge on any atom is -0.211 e. The minimum absolute atomic E-state index is 0.157. The predicted molar refractivity (Wildman–Crippen MR) is 86.7 cm³/mol. The van der Waals surface area contributed by atoms with Gasteiger partial charge in [-0.15, -0.1) is 0 Å². The number of nitrogens with one attached hydrogen (secondary N) is 1. The van der Waals surface area contributed by atoms with Gasteiger partial charge in [0, 0.05) is 6.54 Å². The minimum atomic E-state index is -3.40. The van der Waals surface area contributed by atoms with Crippen LogP contribution in [-0.4, -0.2) is 15.0 Å². The Balaban J connectivity index is 2.12. The summed E-state index contributed by atoms with van der Waals surface area (Å²) >= 11 is 0. The molecule has 1 aliphatic carbocycles. The molecule has 1 aromatic rings. The number of rotatable bonds is 6. The first-order chi connectivity index (χ1) is 9.85. The molecule has 0 amide bonds. The smallest absolute Gasteiger partial charge is 0.211 e. The Morgan fingerprint density at radius 2 is 1.81 bits per heavy atom. The van der Waals surface area contributed by atoms with Crippen molar-refractivity contribution in [2.24, 2.45) is 11.3 Å².